The molecule has 26 heavy (non-hydrogen) atoms. The average molecular weight is 391 g/mol. The van der Waals surface area contributed by atoms with Crippen LogP contribution in [-0.2, 0) is 14.4 Å². The number of unbranched alkanes of at least 4 members (excludes halogenated alkanes) is 1. The van der Waals surface area contributed by atoms with Crippen molar-refractivity contribution >= 4 is 36.4 Å². The summed E-state index contributed by atoms with van der Waals surface area (Å²) in [4.78, 5) is 38.9. The molecule has 0 bridgehead atoms. The molecule has 0 aliphatic carbocycles. The third kappa shape index (κ3) is 10.1. The van der Waals surface area contributed by atoms with E-state index in [1.807, 2.05) is 13.8 Å². The third-order valence-electron chi connectivity index (χ3n) is 3.34. The Balaban J connectivity index is 4.58. The summed E-state index contributed by atoms with van der Waals surface area (Å²) in [5.41, 5.74) is 10.4. The Hall–Kier alpha value is -2.01. The van der Waals surface area contributed by atoms with E-state index in [0.717, 1.165) is 0 Å². The summed E-state index contributed by atoms with van der Waals surface area (Å²) in [6.45, 7) is 4.57. The minimum atomic E-state index is -1.86. The summed E-state index contributed by atoms with van der Waals surface area (Å²) in [7, 11) is 0. The van der Waals surface area contributed by atoms with Crippen molar-refractivity contribution in [2.24, 2.45) is 22.4 Å². The minimum absolute atomic E-state index is 0.0103. The number of nitrogens with one attached hydrogen (secondary N) is 2. The predicted molar refractivity (Wildman–Crippen MR) is 101 cm³/mol. The molecule has 150 valence electrons. The molecule has 0 aromatic rings. The number of hydrogen-bond acceptors (Lipinski definition) is 6. The second-order valence-corrected chi connectivity index (χ2v) is 6.78. The largest absolute Gasteiger partial charge is 0.480 e. The third-order valence-corrected chi connectivity index (χ3v) is 3.84. The van der Waals surface area contributed by atoms with Crippen molar-refractivity contribution in [2.45, 2.75) is 50.5 Å². The number of carboxylic acid groups (broad SMARTS) is 1. The lowest BCUT2D eigenvalue weighted by molar-refractivity contribution is -0.143. The number of guanidine groups is 1. The smallest absolute Gasteiger partial charge is 0.319 e. The molecule has 3 atom stereocenters. The number of aliphatic hydroxyl groups is 1. The van der Waals surface area contributed by atoms with E-state index < -0.39 is 35.2 Å². The summed E-state index contributed by atoms with van der Waals surface area (Å²) in [5.74, 6) is -2.69. The number of nitrogens with zero attached hydrogens (tertiary/aromatic N) is 1. The number of carbonyl (C=O) groups is 3. The molecule has 0 rings (SSSR count). The molecule has 0 spiro atoms. The van der Waals surface area contributed by atoms with Crippen LogP contribution in [0.15, 0.2) is 4.99 Å². The highest BCUT2D eigenvalue weighted by Gasteiger charge is 2.31. The van der Waals surface area contributed by atoms with Crippen LogP contribution in [0.25, 0.3) is 0 Å². The van der Waals surface area contributed by atoms with E-state index in [4.69, 9.17) is 16.6 Å². The van der Waals surface area contributed by atoms with Crippen LogP contribution in [0.2, 0.25) is 0 Å². The number of hydrogen-bond donors (Lipinski definition) is 7. The molecule has 0 radical (unpaired) electrons. The lowest BCUT2D eigenvalue weighted by Crippen LogP contribution is -2.52. The Labute approximate surface area is 158 Å². The minimum Gasteiger partial charge on any atom is -0.480 e. The fourth-order valence-corrected chi connectivity index (χ4v) is 2.15. The van der Waals surface area contributed by atoms with Crippen LogP contribution in [-0.4, -0.2) is 64.4 Å². The number of carbonyl (C=O) groups excluding carboxylic acids is 2. The van der Waals surface area contributed by atoms with Gasteiger partial charge >= 0.3 is 5.97 Å². The molecule has 0 heterocycles. The molecule has 0 saturated heterocycles. The second-order valence-electron chi connectivity index (χ2n) is 6.22. The molecule has 2 amide bonds. The van der Waals surface area contributed by atoms with Gasteiger partial charge in [-0.15, -0.1) is 0 Å². The van der Waals surface area contributed by atoms with Crippen molar-refractivity contribution < 1.29 is 24.6 Å². The van der Waals surface area contributed by atoms with Gasteiger partial charge in [0.25, 0.3) is 5.91 Å². The Morgan fingerprint density at radius 2 is 1.77 bits per heavy atom. The molecule has 0 aromatic carbocycles. The van der Waals surface area contributed by atoms with Gasteiger partial charge in [-0.25, -0.2) is 0 Å². The lowest BCUT2D eigenvalue weighted by Gasteiger charge is -2.22. The summed E-state index contributed by atoms with van der Waals surface area (Å²) in [6.07, 6.45) is -0.204. The topological polar surface area (TPSA) is 180 Å². The maximum atomic E-state index is 12.3. The zero-order chi connectivity index (χ0) is 20.3. The lowest BCUT2D eigenvalue weighted by atomic mass is 10.0. The summed E-state index contributed by atoms with van der Waals surface area (Å²) in [5, 5.41) is 22.0. The Morgan fingerprint density at radius 3 is 2.27 bits per heavy atom. The van der Waals surface area contributed by atoms with E-state index in [2.05, 4.69) is 28.3 Å². The molecule has 0 saturated carbocycles. The Morgan fingerprint density at radius 1 is 1.15 bits per heavy atom. The molecular weight excluding hydrogens is 362 g/mol. The first-order chi connectivity index (χ1) is 12.1. The van der Waals surface area contributed by atoms with Gasteiger partial charge in [-0.2, -0.15) is 12.6 Å². The molecular formula is C15H29N5O5S. The van der Waals surface area contributed by atoms with Crippen LogP contribution in [0, 0.1) is 5.92 Å². The fraction of sp³-hybridized carbons (Fsp3) is 0.733. The molecule has 11 heteroatoms. The zero-order valence-corrected chi connectivity index (χ0v) is 15.9. The first-order valence-electron chi connectivity index (χ1n) is 8.28. The van der Waals surface area contributed by atoms with Gasteiger partial charge in [-0.1, -0.05) is 13.8 Å². The van der Waals surface area contributed by atoms with Crippen LogP contribution in [0.4, 0.5) is 0 Å². The van der Waals surface area contributed by atoms with Gasteiger partial charge in [0.05, 0.1) is 0 Å². The van der Waals surface area contributed by atoms with Crippen LogP contribution < -0.4 is 22.1 Å². The number of rotatable bonds is 12. The summed E-state index contributed by atoms with van der Waals surface area (Å²) < 4.78 is 0. The van der Waals surface area contributed by atoms with Crippen molar-refractivity contribution in [3.8, 4) is 0 Å². The van der Waals surface area contributed by atoms with Gasteiger partial charge in [0.15, 0.2) is 12.1 Å². The van der Waals surface area contributed by atoms with E-state index >= 15 is 0 Å². The molecule has 0 aromatic heterocycles. The number of aliphatic imine (C=N–C) groups is 1. The van der Waals surface area contributed by atoms with Crippen molar-refractivity contribution in [3.63, 3.8) is 0 Å². The second kappa shape index (κ2) is 12.4. The van der Waals surface area contributed by atoms with Crippen LogP contribution >= 0.6 is 12.6 Å². The van der Waals surface area contributed by atoms with Crippen LogP contribution in [0.5, 0.6) is 0 Å². The number of amides is 2. The predicted octanol–water partition coefficient (Wildman–Crippen LogP) is -1.57. The highest BCUT2D eigenvalue weighted by atomic mass is 32.1. The molecule has 0 aliphatic rings. The van der Waals surface area contributed by atoms with E-state index in [1.54, 1.807) is 0 Å². The Bertz CT molecular complexity index is 511. The molecule has 0 fully saturated rings. The SMILES string of the molecule is CC(C)C[C@H](NC(=O)[C@@H](O)[C@H](S)C(=O)O)C(=O)NCCCCN=C(N)N. The zero-order valence-electron chi connectivity index (χ0n) is 15.0. The molecule has 10 nitrogen and oxygen atoms in total. The van der Waals surface area contributed by atoms with Crippen LogP contribution in [0.1, 0.15) is 33.1 Å². The summed E-state index contributed by atoms with van der Waals surface area (Å²) in [6, 6.07) is -0.885. The Kier molecular flexibility index (Phi) is 11.4. The monoisotopic (exact) mass is 391 g/mol. The first kappa shape index (κ1) is 24.0. The standard InChI is InChI=1S/C15H29N5O5S/c1-8(2)7-9(20-13(23)10(21)11(26)14(24)25)12(22)18-5-3-4-6-19-15(16)17/h8-11,21,26H,3-7H2,1-2H3,(H,18,22)(H,20,23)(H,24,25)(H4,16,17,19)/t9-,10-,11-/m0/s1. The van der Waals surface area contributed by atoms with E-state index in [9.17, 15) is 19.5 Å². The number of thiol groups is 1. The highest BCUT2D eigenvalue weighted by molar-refractivity contribution is 7.81. The number of carboxylic acids is 1. The van der Waals surface area contributed by atoms with Gasteiger partial charge in [0.2, 0.25) is 5.91 Å². The molecule has 8 N–H and O–H groups in total. The number of nitrogens with two attached hydrogens (primary N) is 2. The number of aliphatic hydroxyl groups excluding tert-OH is 1. The van der Waals surface area contributed by atoms with Crippen molar-refractivity contribution in [3.05, 3.63) is 0 Å². The molecule has 0 aliphatic heterocycles. The van der Waals surface area contributed by atoms with E-state index in [1.165, 1.54) is 0 Å². The number of aliphatic carboxylic acids is 1. The normalized spacial score (nSPS) is 14.2. The van der Waals surface area contributed by atoms with Gasteiger partial charge in [0.1, 0.15) is 11.3 Å². The van der Waals surface area contributed by atoms with Gasteiger partial charge in [0, 0.05) is 13.1 Å². The fourth-order valence-electron chi connectivity index (χ4n) is 2.02. The van der Waals surface area contributed by atoms with Crippen molar-refractivity contribution in [1.29, 1.82) is 0 Å². The maximum absolute atomic E-state index is 12.3. The maximum Gasteiger partial charge on any atom is 0.319 e. The van der Waals surface area contributed by atoms with E-state index in [0.29, 0.717) is 32.4 Å². The van der Waals surface area contributed by atoms with Crippen molar-refractivity contribution in [2.75, 3.05) is 13.1 Å². The molecule has 0 unspecified atom stereocenters. The van der Waals surface area contributed by atoms with E-state index in [-0.39, 0.29) is 11.9 Å². The van der Waals surface area contributed by atoms with Crippen molar-refractivity contribution in [1.82, 2.24) is 10.6 Å². The van der Waals surface area contributed by atoms with Gasteiger partial charge in [-0.05, 0) is 25.2 Å². The van der Waals surface area contributed by atoms with Crippen LogP contribution in [0.3, 0.4) is 0 Å². The van der Waals surface area contributed by atoms with Gasteiger partial charge in [-0.3, -0.25) is 19.4 Å². The average Bonchev–Trinajstić information content (AvgIpc) is 2.54. The summed E-state index contributed by atoms with van der Waals surface area (Å²) >= 11 is 3.67. The quantitative estimate of drug-likeness (QED) is 0.0908. The first-order valence-corrected chi connectivity index (χ1v) is 8.80. The van der Waals surface area contributed by atoms with Gasteiger partial charge < -0.3 is 32.3 Å². The highest BCUT2D eigenvalue weighted by Crippen LogP contribution is 2.08.